The Morgan fingerprint density at radius 1 is 1.67 bits per heavy atom. The second kappa shape index (κ2) is 5.61. The van der Waals surface area contributed by atoms with E-state index in [1.807, 2.05) is 7.05 Å². The van der Waals surface area contributed by atoms with Crippen molar-refractivity contribution >= 4 is 11.6 Å². The Balaban J connectivity index is 2.85. The van der Waals surface area contributed by atoms with E-state index in [9.17, 15) is 4.79 Å². The molecule has 0 N–H and O–H groups in total. The zero-order chi connectivity index (χ0) is 11.3. The first-order chi connectivity index (χ1) is 7.19. The summed E-state index contributed by atoms with van der Waals surface area (Å²) in [6, 6.07) is 1.50. The van der Waals surface area contributed by atoms with Crippen LogP contribution in [0.5, 0.6) is 5.75 Å². The highest BCUT2D eigenvalue weighted by molar-refractivity contribution is 6.16. The first-order valence-corrected chi connectivity index (χ1v) is 5.21. The molecule has 0 atom stereocenters. The van der Waals surface area contributed by atoms with E-state index in [1.54, 1.807) is 16.8 Å². The smallest absolute Gasteiger partial charge is 0.223 e. The van der Waals surface area contributed by atoms with Gasteiger partial charge in [-0.1, -0.05) is 6.08 Å². The zero-order valence-corrected chi connectivity index (χ0v) is 9.46. The van der Waals surface area contributed by atoms with Crippen LogP contribution in [0.15, 0.2) is 29.7 Å². The fourth-order valence-corrected chi connectivity index (χ4v) is 1.41. The van der Waals surface area contributed by atoms with Crippen molar-refractivity contribution in [1.82, 2.24) is 4.57 Å². The van der Waals surface area contributed by atoms with Gasteiger partial charge in [0.1, 0.15) is 0 Å². The molecule has 0 aliphatic rings. The maximum atomic E-state index is 11.5. The molecule has 82 valence electrons. The lowest BCUT2D eigenvalue weighted by molar-refractivity contribution is 0.319. The van der Waals surface area contributed by atoms with E-state index in [1.165, 1.54) is 6.07 Å². The second-order valence-electron chi connectivity index (χ2n) is 3.16. The molecule has 0 aliphatic heterocycles. The average Bonchev–Trinajstić information content (AvgIpc) is 2.23. The first kappa shape index (κ1) is 11.9. The van der Waals surface area contributed by atoms with Gasteiger partial charge >= 0.3 is 0 Å². The molecule has 1 aromatic rings. The number of rotatable bonds is 5. The number of nitrogens with zero attached hydrogens (tertiary/aromatic N) is 1. The van der Waals surface area contributed by atoms with Crippen LogP contribution < -0.4 is 10.2 Å². The Morgan fingerprint density at radius 2 is 2.40 bits per heavy atom. The van der Waals surface area contributed by atoms with Gasteiger partial charge in [-0.2, -0.15) is 0 Å². The maximum Gasteiger partial charge on any atom is 0.223 e. The molecule has 3 nitrogen and oxygen atoms in total. The van der Waals surface area contributed by atoms with Crippen molar-refractivity contribution in [1.29, 1.82) is 0 Å². The fourth-order valence-electron chi connectivity index (χ4n) is 1.14. The van der Waals surface area contributed by atoms with E-state index in [0.29, 0.717) is 18.2 Å². The van der Waals surface area contributed by atoms with Crippen molar-refractivity contribution in [3.63, 3.8) is 0 Å². The molecule has 0 amide bonds. The van der Waals surface area contributed by atoms with Crippen molar-refractivity contribution in [2.24, 2.45) is 7.05 Å². The van der Waals surface area contributed by atoms with E-state index in [4.69, 9.17) is 16.3 Å². The summed E-state index contributed by atoms with van der Waals surface area (Å²) in [6.45, 7) is 4.05. The Hall–Kier alpha value is -1.22. The van der Waals surface area contributed by atoms with Crippen LogP contribution in [-0.4, -0.2) is 11.2 Å². The number of alkyl halides is 1. The molecule has 1 rings (SSSR count). The number of pyridine rings is 1. The van der Waals surface area contributed by atoms with Gasteiger partial charge < -0.3 is 9.30 Å². The molecule has 0 saturated heterocycles. The third-order valence-corrected chi connectivity index (χ3v) is 2.29. The molecule has 0 fully saturated rings. The summed E-state index contributed by atoms with van der Waals surface area (Å²) in [4.78, 5) is 11.5. The van der Waals surface area contributed by atoms with Crippen LogP contribution in [0.4, 0.5) is 0 Å². The summed E-state index contributed by atoms with van der Waals surface area (Å²) in [5, 5.41) is 0. The van der Waals surface area contributed by atoms with Gasteiger partial charge in [0.25, 0.3) is 0 Å². The van der Waals surface area contributed by atoms with Gasteiger partial charge in [0.05, 0.1) is 18.7 Å². The van der Waals surface area contributed by atoms with Crippen molar-refractivity contribution in [3.05, 3.63) is 40.8 Å². The zero-order valence-electron chi connectivity index (χ0n) is 8.70. The van der Waals surface area contributed by atoms with Crippen molar-refractivity contribution in [3.8, 4) is 5.75 Å². The topological polar surface area (TPSA) is 31.2 Å². The van der Waals surface area contributed by atoms with E-state index in [2.05, 4.69) is 6.58 Å². The lowest BCUT2D eigenvalue weighted by Gasteiger charge is -2.09. The molecule has 0 unspecified atom stereocenters. The highest BCUT2D eigenvalue weighted by Crippen LogP contribution is 2.07. The fraction of sp³-hybridized carbons (Fsp3) is 0.364. The molecule has 0 aliphatic carbocycles. The molecule has 0 aromatic carbocycles. The quantitative estimate of drug-likeness (QED) is 0.438. The number of aryl methyl sites for hydroxylation is 1. The van der Waals surface area contributed by atoms with Gasteiger partial charge in [-0.25, -0.2) is 0 Å². The van der Waals surface area contributed by atoms with Crippen molar-refractivity contribution in [2.45, 2.75) is 12.3 Å². The highest BCUT2D eigenvalue weighted by Gasteiger charge is 2.04. The number of hydrogen-bond acceptors (Lipinski definition) is 2. The summed E-state index contributed by atoms with van der Waals surface area (Å²) < 4.78 is 7.10. The normalized spacial score (nSPS) is 10.0. The van der Waals surface area contributed by atoms with Gasteiger partial charge in [0.2, 0.25) is 5.43 Å². The minimum absolute atomic E-state index is 0.132. The first-order valence-electron chi connectivity index (χ1n) is 4.68. The van der Waals surface area contributed by atoms with Gasteiger partial charge in [-0.3, -0.25) is 4.79 Å². The molecule has 0 spiro atoms. The molecule has 1 aromatic heterocycles. The Bertz CT molecular complexity index is 398. The molecular formula is C11H14ClNO2. The van der Waals surface area contributed by atoms with Crippen LogP contribution in [0.3, 0.4) is 0 Å². The third kappa shape index (κ3) is 3.13. The highest BCUT2D eigenvalue weighted by atomic mass is 35.5. The van der Waals surface area contributed by atoms with Gasteiger partial charge in [0, 0.05) is 18.8 Å². The predicted molar refractivity (Wildman–Crippen MR) is 61.5 cm³/mol. The van der Waals surface area contributed by atoms with E-state index >= 15 is 0 Å². The standard InChI is InChI=1S/C11H14ClNO2/c1-3-4-5-15-11-8-13(2)9(7-12)6-10(11)14/h3,6,8H,1,4-5,7H2,2H3. The van der Waals surface area contributed by atoms with Crippen LogP contribution in [0, 0.1) is 0 Å². The molecule has 4 heteroatoms. The monoisotopic (exact) mass is 227 g/mol. The third-order valence-electron chi connectivity index (χ3n) is 2.02. The minimum Gasteiger partial charge on any atom is -0.488 e. The summed E-state index contributed by atoms with van der Waals surface area (Å²) in [5.74, 6) is 0.673. The molecule has 1 heterocycles. The van der Waals surface area contributed by atoms with Crippen molar-refractivity contribution in [2.75, 3.05) is 6.61 Å². The molecular weight excluding hydrogens is 214 g/mol. The largest absolute Gasteiger partial charge is 0.488 e. The molecule has 15 heavy (non-hydrogen) atoms. The Labute approximate surface area is 93.9 Å². The number of ether oxygens (including phenoxy) is 1. The van der Waals surface area contributed by atoms with Crippen LogP contribution in [-0.2, 0) is 12.9 Å². The second-order valence-corrected chi connectivity index (χ2v) is 3.43. The van der Waals surface area contributed by atoms with Crippen LogP contribution >= 0.6 is 11.6 Å². The summed E-state index contributed by atoms with van der Waals surface area (Å²) in [7, 11) is 1.83. The molecule has 0 saturated carbocycles. The van der Waals surface area contributed by atoms with Gasteiger partial charge in [0.15, 0.2) is 5.75 Å². The lowest BCUT2D eigenvalue weighted by Crippen LogP contribution is -2.13. The van der Waals surface area contributed by atoms with Crippen LogP contribution in [0.25, 0.3) is 0 Å². The van der Waals surface area contributed by atoms with Crippen LogP contribution in [0.1, 0.15) is 12.1 Å². The SMILES string of the molecule is C=CCCOc1cn(C)c(CCl)cc1=O. The van der Waals surface area contributed by atoms with Crippen molar-refractivity contribution < 1.29 is 4.74 Å². The summed E-state index contributed by atoms with van der Waals surface area (Å²) in [6.07, 6.45) is 4.13. The molecule has 0 bridgehead atoms. The maximum absolute atomic E-state index is 11.5. The van der Waals surface area contributed by atoms with E-state index in [0.717, 1.165) is 12.1 Å². The van der Waals surface area contributed by atoms with Gasteiger partial charge in [-0.05, 0) is 6.42 Å². The lowest BCUT2D eigenvalue weighted by atomic mass is 10.3. The van der Waals surface area contributed by atoms with E-state index in [-0.39, 0.29) is 5.43 Å². The number of aromatic nitrogens is 1. The van der Waals surface area contributed by atoms with E-state index < -0.39 is 0 Å². The Kier molecular flexibility index (Phi) is 4.43. The summed E-state index contributed by atoms with van der Waals surface area (Å²) >= 11 is 5.67. The van der Waals surface area contributed by atoms with Crippen LogP contribution in [0.2, 0.25) is 0 Å². The molecule has 0 radical (unpaired) electrons. The predicted octanol–water partition coefficient (Wildman–Crippen LogP) is 2.08. The minimum atomic E-state index is -0.132. The number of halogens is 1. The summed E-state index contributed by atoms with van der Waals surface area (Å²) in [5.41, 5.74) is 0.644. The Morgan fingerprint density at radius 3 is 3.00 bits per heavy atom. The number of hydrogen-bond donors (Lipinski definition) is 0. The average molecular weight is 228 g/mol. The van der Waals surface area contributed by atoms with Gasteiger partial charge in [-0.15, -0.1) is 18.2 Å².